The first-order chi connectivity index (χ1) is 8.39. The van der Waals surface area contributed by atoms with Crippen LogP contribution < -0.4 is 9.47 Å². The lowest BCUT2D eigenvalue weighted by Gasteiger charge is -2.22. The molecule has 0 saturated heterocycles. The van der Waals surface area contributed by atoms with Gasteiger partial charge in [-0.2, -0.15) is 12.6 Å². The summed E-state index contributed by atoms with van der Waals surface area (Å²) in [7, 11) is 1.46. The first-order valence-corrected chi connectivity index (χ1v) is 6.09. The van der Waals surface area contributed by atoms with Crippen LogP contribution in [0.2, 0.25) is 0 Å². The van der Waals surface area contributed by atoms with Crippen LogP contribution >= 0.6 is 12.6 Å². The van der Waals surface area contributed by atoms with E-state index < -0.39 is 4.92 Å². The minimum atomic E-state index is -0.481. The first-order valence-electron chi connectivity index (χ1n) is 5.46. The Morgan fingerprint density at radius 3 is 2.61 bits per heavy atom. The molecule has 0 heterocycles. The number of thiol groups is 1. The molecule has 0 unspecified atom stereocenters. The third-order valence-electron chi connectivity index (χ3n) is 2.41. The molecule has 1 aromatic rings. The van der Waals surface area contributed by atoms with E-state index in [1.54, 1.807) is 12.1 Å². The van der Waals surface area contributed by atoms with Crippen molar-refractivity contribution in [2.75, 3.05) is 19.5 Å². The Kier molecular flexibility index (Phi) is 4.84. The van der Waals surface area contributed by atoms with Gasteiger partial charge in [0.2, 0.25) is 0 Å². The standard InChI is InChI=1S/C12H17NO4S/c1-12(2,8-18)7-17-11-5-4-9(16-3)6-10(11)13(14)15/h4-6,18H,7-8H2,1-3H3. The third kappa shape index (κ3) is 3.80. The van der Waals surface area contributed by atoms with Crippen LogP contribution in [0, 0.1) is 15.5 Å². The highest BCUT2D eigenvalue weighted by atomic mass is 32.1. The van der Waals surface area contributed by atoms with Crippen molar-refractivity contribution in [3.8, 4) is 11.5 Å². The van der Waals surface area contributed by atoms with Gasteiger partial charge < -0.3 is 9.47 Å². The lowest BCUT2D eigenvalue weighted by Crippen LogP contribution is -2.23. The highest BCUT2D eigenvalue weighted by Gasteiger charge is 2.21. The Hall–Kier alpha value is -1.43. The molecule has 1 aromatic carbocycles. The van der Waals surface area contributed by atoms with Gasteiger partial charge in [0.25, 0.3) is 0 Å². The lowest BCUT2D eigenvalue weighted by atomic mass is 9.98. The molecule has 0 N–H and O–H groups in total. The van der Waals surface area contributed by atoms with Gasteiger partial charge in [-0.05, 0) is 17.9 Å². The van der Waals surface area contributed by atoms with Gasteiger partial charge in [-0.1, -0.05) is 13.8 Å². The van der Waals surface area contributed by atoms with E-state index in [0.717, 1.165) is 0 Å². The molecular formula is C12H17NO4S. The Labute approximate surface area is 112 Å². The smallest absolute Gasteiger partial charge is 0.314 e. The van der Waals surface area contributed by atoms with Gasteiger partial charge in [-0.3, -0.25) is 10.1 Å². The predicted octanol–water partition coefficient (Wildman–Crippen LogP) is 2.94. The minimum Gasteiger partial charge on any atom is -0.496 e. The summed E-state index contributed by atoms with van der Waals surface area (Å²) in [6.07, 6.45) is 0. The van der Waals surface area contributed by atoms with Crippen LogP contribution in [0.1, 0.15) is 13.8 Å². The zero-order valence-electron chi connectivity index (χ0n) is 10.7. The predicted molar refractivity (Wildman–Crippen MR) is 72.8 cm³/mol. The van der Waals surface area contributed by atoms with E-state index in [1.807, 2.05) is 13.8 Å². The Morgan fingerprint density at radius 2 is 2.11 bits per heavy atom. The summed E-state index contributed by atoms with van der Waals surface area (Å²) in [5.74, 6) is 1.31. The summed E-state index contributed by atoms with van der Waals surface area (Å²) in [5.41, 5.74) is -0.235. The van der Waals surface area contributed by atoms with E-state index >= 15 is 0 Å². The number of nitro benzene ring substituents is 1. The normalized spacial score (nSPS) is 11.1. The molecule has 0 aliphatic heterocycles. The van der Waals surface area contributed by atoms with E-state index in [2.05, 4.69) is 12.6 Å². The van der Waals surface area contributed by atoms with E-state index in [4.69, 9.17) is 9.47 Å². The second kappa shape index (κ2) is 5.95. The second-order valence-electron chi connectivity index (χ2n) is 4.70. The van der Waals surface area contributed by atoms with Crippen molar-refractivity contribution in [3.63, 3.8) is 0 Å². The van der Waals surface area contributed by atoms with Crippen molar-refractivity contribution < 1.29 is 14.4 Å². The van der Waals surface area contributed by atoms with Crippen LogP contribution in [0.4, 0.5) is 5.69 Å². The molecule has 0 saturated carbocycles. The average molecular weight is 271 g/mol. The molecule has 5 nitrogen and oxygen atoms in total. The lowest BCUT2D eigenvalue weighted by molar-refractivity contribution is -0.386. The van der Waals surface area contributed by atoms with Gasteiger partial charge in [0.05, 0.1) is 24.7 Å². The van der Waals surface area contributed by atoms with E-state index in [0.29, 0.717) is 18.1 Å². The van der Waals surface area contributed by atoms with Crippen molar-refractivity contribution in [2.45, 2.75) is 13.8 Å². The average Bonchev–Trinajstić information content (AvgIpc) is 2.36. The number of hydrogen-bond acceptors (Lipinski definition) is 5. The number of ether oxygens (including phenoxy) is 2. The largest absolute Gasteiger partial charge is 0.496 e. The summed E-state index contributed by atoms with van der Waals surface area (Å²) >= 11 is 4.21. The highest BCUT2D eigenvalue weighted by Crippen LogP contribution is 2.32. The fourth-order valence-electron chi connectivity index (χ4n) is 1.21. The number of nitro groups is 1. The van der Waals surface area contributed by atoms with Crippen molar-refractivity contribution in [3.05, 3.63) is 28.3 Å². The van der Waals surface area contributed by atoms with Gasteiger partial charge in [0.1, 0.15) is 5.75 Å². The fourth-order valence-corrected chi connectivity index (χ4v) is 1.30. The van der Waals surface area contributed by atoms with Crippen LogP contribution in [0.3, 0.4) is 0 Å². The van der Waals surface area contributed by atoms with E-state index in [-0.39, 0.29) is 16.9 Å². The first kappa shape index (κ1) is 14.6. The summed E-state index contributed by atoms with van der Waals surface area (Å²) in [6.45, 7) is 4.33. The molecule has 0 bridgehead atoms. The molecule has 100 valence electrons. The van der Waals surface area contributed by atoms with Gasteiger partial charge in [-0.15, -0.1) is 0 Å². The number of nitrogens with zero attached hydrogens (tertiary/aromatic N) is 1. The molecule has 0 fully saturated rings. The van der Waals surface area contributed by atoms with E-state index in [1.165, 1.54) is 13.2 Å². The number of hydrogen-bond donors (Lipinski definition) is 1. The summed E-state index contributed by atoms with van der Waals surface area (Å²) in [6, 6.07) is 4.53. The van der Waals surface area contributed by atoms with Crippen LogP contribution in [0.5, 0.6) is 11.5 Å². The fraction of sp³-hybridized carbons (Fsp3) is 0.500. The Bertz CT molecular complexity index is 434. The highest BCUT2D eigenvalue weighted by molar-refractivity contribution is 7.80. The second-order valence-corrected chi connectivity index (χ2v) is 5.02. The summed E-state index contributed by atoms with van der Waals surface area (Å²) < 4.78 is 10.5. The van der Waals surface area contributed by atoms with Crippen LogP contribution in [0.15, 0.2) is 18.2 Å². The van der Waals surface area contributed by atoms with Crippen molar-refractivity contribution in [2.24, 2.45) is 5.41 Å². The molecule has 1 rings (SSSR count). The molecule has 0 aliphatic carbocycles. The monoisotopic (exact) mass is 271 g/mol. The Morgan fingerprint density at radius 1 is 1.44 bits per heavy atom. The molecule has 0 atom stereocenters. The Balaban J connectivity index is 2.91. The number of rotatable bonds is 6. The van der Waals surface area contributed by atoms with Gasteiger partial charge in [0, 0.05) is 5.41 Å². The van der Waals surface area contributed by atoms with Crippen LogP contribution in [-0.4, -0.2) is 24.4 Å². The topological polar surface area (TPSA) is 61.6 Å². The summed E-state index contributed by atoms with van der Waals surface area (Å²) in [4.78, 5) is 10.5. The van der Waals surface area contributed by atoms with Crippen LogP contribution in [0.25, 0.3) is 0 Å². The van der Waals surface area contributed by atoms with Gasteiger partial charge in [0.15, 0.2) is 5.75 Å². The number of methoxy groups -OCH3 is 1. The molecule has 0 amide bonds. The summed E-state index contributed by atoms with van der Waals surface area (Å²) in [5, 5.41) is 10.9. The van der Waals surface area contributed by atoms with E-state index in [9.17, 15) is 10.1 Å². The molecule has 0 spiro atoms. The molecule has 18 heavy (non-hydrogen) atoms. The quantitative estimate of drug-likeness (QED) is 0.491. The minimum absolute atomic E-state index is 0.0932. The zero-order valence-corrected chi connectivity index (χ0v) is 11.6. The zero-order chi connectivity index (χ0) is 13.8. The molecule has 0 radical (unpaired) electrons. The van der Waals surface area contributed by atoms with Crippen LogP contribution in [-0.2, 0) is 0 Å². The van der Waals surface area contributed by atoms with Crippen molar-refractivity contribution in [1.29, 1.82) is 0 Å². The molecule has 0 aliphatic rings. The maximum absolute atomic E-state index is 10.9. The third-order valence-corrected chi connectivity index (χ3v) is 3.27. The van der Waals surface area contributed by atoms with Crippen molar-refractivity contribution >= 4 is 18.3 Å². The van der Waals surface area contributed by atoms with Gasteiger partial charge >= 0.3 is 5.69 Å². The maximum Gasteiger partial charge on any atom is 0.314 e. The molecule has 0 aromatic heterocycles. The SMILES string of the molecule is COc1ccc(OCC(C)(C)CS)c([N+](=O)[O-])c1. The number of benzene rings is 1. The molecule has 6 heteroatoms. The van der Waals surface area contributed by atoms with Crippen molar-refractivity contribution in [1.82, 2.24) is 0 Å². The molecular weight excluding hydrogens is 254 g/mol. The van der Waals surface area contributed by atoms with Gasteiger partial charge in [-0.25, -0.2) is 0 Å². The maximum atomic E-state index is 10.9.